The van der Waals surface area contributed by atoms with Gasteiger partial charge in [0.1, 0.15) is 0 Å². The molecule has 0 bridgehead atoms. The molecular formula is C15H13NS. The van der Waals surface area contributed by atoms with Gasteiger partial charge in [-0.05, 0) is 35.8 Å². The van der Waals surface area contributed by atoms with Gasteiger partial charge in [-0.3, -0.25) is 0 Å². The Morgan fingerprint density at radius 3 is 2.47 bits per heavy atom. The largest absolute Gasteiger partial charge is 0.197 e. The molecule has 1 aliphatic rings. The van der Waals surface area contributed by atoms with Gasteiger partial charge in [-0.1, -0.05) is 36.4 Å². The van der Waals surface area contributed by atoms with Gasteiger partial charge in [0.25, 0.3) is 0 Å². The second-order valence-electron chi connectivity index (χ2n) is 4.69. The van der Waals surface area contributed by atoms with Crippen molar-refractivity contribution in [2.45, 2.75) is 24.2 Å². The minimum atomic E-state index is -0.214. The first-order valence-electron chi connectivity index (χ1n) is 5.84. The summed E-state index contributed by atoms with van der Waals surface area (Å²) < 4.78 is 0. The predicted octanol–water partition coefficient (Wildman–Crippen LogP) is 4.09. The lowest BCUT2D eigenvalue weighted by Gasteiger charge is -2.42. The normalized spacial score (nSPS) is 27.1. The van der Waals surface area contributed by atoms with Crippen LogP contribution in [0.15, 0.2) is 47.8 Å². The zero-order chi connectivity index (χ0) is 11.7. The minimum Gasteiger partial charge on any atom is -0.197 e. The number of hydrogen-bond acceptors (Lipinski definition) is 2. The van der Waals surface area contributed by atoms with Gasteiger partial charge in [-0.2, -0.15) is 5.26 Å². The molecule has 2 heteroatoms. The van der Waals surface area contributed by atoms with Crippen LogP contribution in [-0.2, 0) is 5.41 Å². The molecule has 0 unspecified atom stereocenters. The van der Waals surface area contributed by atoms with Crippen LogP contribution >= 0.6 is 11.3 Å². The molecule has 1 fully saturated rings. The van der Waals surface area contributed by atoms with Crippen LogP contribution in [-0.4, -0.2) is 0 Å². The monoisotopic (exact) mass is 239 g/mol. The van der Waals surface area contributed by atoms with Crippen LogP contribution in [0.4, 0.5) is 0 Å². The van der Waals surface area contributed by atoms with Crippen molar-refractivity contribution in [1.82, 2.24) is 0 Å². The zero-order valence-electron chi connectivity index (χ0n) is 9.47. The molecule has 0 amide bonds. The molecule has 1 nitrogen and oxygen atoms in total. The summed E-state index contributed by atoms with van der Waals surface area (Å²) >= 11 is 1.71. The molecule has 0 aliphatic heterocycles. The molecule has 1 aromatic carbocycles. The molecule has 1 aliphatic carbocycles. The van der Waals surface area contributed by atoms with E-state index in [2.05, 4.69) is 41.8 Å². The van der Waals surface area contributed by atoms with Crippen molar-refractivity contribution >= 4 is 11.3 Å². The lowest BCUT2D eigenvalue weighted by molar-refractivity contribution is 0.274. The third kappa shape index (κ3) is 1.67. The second kappa shape index (κ2) is 4.01. The molecule has 2 aromatic rings. The maximum Gasteiger partial charge on any atom is 0.0926 e. The molecule has 1 heterocycles. The molecule has 0 N–H and O–H groups in total. The van der Waals surface area contributed by atoms with Gasteiger partial charge in [0.2, 0.25) is 0 Å². The van der Waals surface area contributed by atoms with Gasteiger partial charge in [0.05, 0.1) is 11.5 Å². The molecule has 3 rings (SSSR count). The number of nitriles is 1. The topological polar surface area (TPSA) is 23.8 Å². The van der Waals surface area contributed by atoms with E-state index >= 15 is 0 Å². The summed E-state index contributed by atoms with van der Waals surface area (Å²) in [6.07, 6.45) is 1.93. The van der Waals surface area contributed by atoms with E-state index in [1.165, 1.54) is 10.4 Å². The molecular weight excluding hydrogens is 226 g/mol. The smallest absolute Gasteiger partial charge is 0.0926 e. The predicted molar refractivity (Wildman–Crippen MR) is 70.0 cm³/mol. The van der Waals surface area contributed by atoms with E-state index in [1.807, 2.05) is 12.1 Å². The highest BCUT2D eigenvalue weighted by atomic mass is 32.1. The van der Waals surface area contributed by atoms with Crippen molar-refractivity contribution in [3.63, 3.8) is 0 Å². The molecule has 1 saturated carbocycles. The van der Waals surface area contributed by atoms with E-state index in [4.69, 9.17) is 0 Å². The summed E-state index contributed by atoms with van der Waals surface area (Å²) in [5.41, 5.74) is 1.16. The lowest BCUT2D eigenvalue weighted by Crippen LogP contribution is -2.37. The van der Waals surface area contributed by atoms with E-state index in [0.29, 0.717) is 5.92 Å². The summed E-state index contributed by atoms with van der Waals surface area (Å²) in [6, 6.07) is 17.2. The SMILES string of the molecule is N#CC1(c2cccs2)CC(c2ccccc2)C1. The summed E-state index contributed by atoms with van der Waals surface area (Å²) in [5, 5.41) is 11.5. The highest BCUT2D eigenvalue weighted by molar-refractivity contribution is 7.10. The first-order valence-corrected chi connectivity index (χ1v) is 6.72. The van der Waals surface area contributed by atoms with Crippen LogP contribution in [0.3, 0.4) is 0 Å². The van der Waals surface area contributed by atoms with Crippen LogP contribution in [0.25, 0.3) is 0 Å². The van der Waals surface area contributed by atoms with E-state index in [9.17, 15) is 5.26 Å². The zero-order valence-corrected chi connectivity index (χ0v) is 10.3. The van der Waals surface area contributed by atoms with Crippen LogP contribution < -0.4 is 0 Å². The Hall–Kier alpha value is -1.59. The summed E-state index contributed by atoms with van der Waals surface area (Å²) in [4.78, 5) is 1.23. The van der Waals surface area contributed by atoms with Gasteiger partial charge in [0.15, 0.2) is 0 Å². The molecule has 0 atom stereocenters. The Morgan fingerprint density at radius 2 is 1.88 bits per heavy atom. The Kier molecular flexibility index (Phi) is 2.49. The molecule has 1 aromatic heterocycles. The van der Waals surface area contributed by atoms with Crippen molar-refractivity contribution in [1.29, 1.82) is 5.26 Å². The maximum atomic E-state index is 9.43. The second-order valence-corrected chi connectivity index (χ2v) is 5.63. The fraction of sp³-hybridized carbons (Fsp3) is 0.267. The van der Waals surface area contributed by atoms with Crippen molar-refractivity contribution < 1.29 is 0 Å². The molecule has 0 saturated heterocycles. The van der Waals surface area contributed by atoms with Gasteiger partial charge in [-0.15, -0.1) is 11.3 Å². The fourth-order valence-electron chi connectivity index (χ4n) is 2.64. The fourth-order valence-corrected chi connectivity index (χ4v) is 3.54. The maximum absolute atomic E-state index is 9.43. The lowest BCUT2D eigenvalue weighted by atomic mass is 9.60. The Labute approximate surface area is 105 Å². The summed E-state index contributed by atoms with van der Waals surface area (Å²) in [6.45, 7) is 0. The van der Waals surface area contributed by atoms with Crippen molar-refractivity contribution in [2.24, 2.45) is 0 Å². The average molecular weight is 239 g/mol. The standard InChI is InChI=1S/C15H13NS/c16-11-15(14-7-4-8-17-14)9-13(10-15)12-5-2-1-3-6-12/h1-8,13H,9-10H2. The highest BCUT2D eigenvalue weighted by Gasteiger charge is 2.47. The summed E-state index contributed by atoms with van der Waals surface area (Å²) in [5.74, 6) is 0.554. The Balaban J connectivity index is 1.81. The third-order valence-electron chi connectivity index (χ3n) is 3.67. The van der Waals surface area contributed by atoms with Gasteiger partial charge in [0, 0.05) is 4.88 Å². The quantitative estimate of drug-likeness (QED) is 0.774. The Morgan fingerprint density at radius 1 is 1.12 bits per heavy atom. The van der Waals surface area contributed by atoms with E-state index in [0.717, 1.165) is 12.8 Å². The van der Waals surface area contributed by atoms with Crippen LogP contribution in [0.1, 0.15) is 29.2 Å². The number of benzene rings is 1. The molecule has 0 radical (unpaired) electrons. The average Bonchev–Trinajstić information content (AvgIpc) is 2.84. The van der Waals surface area contributed by atoms with Crippen LogP contribution in [0, 0.1) is 11.3 Å². The van der Waals surface area contributed by atoms with E-state index in [1.54, 1.807) is 11.3 Å². The molecule has 0 spiro atoms. The summed E-state index contributed by atoms with van der Waals surface area (Å²) in [7, 11) is 0. The number of hydrogen-bond donors (Lipinski definition) is 0. The molecule has 84 valence electrons. The van der Waals surface area contributed by atoms with E-state index in [-0.39, 0.29) is 5.41 Å². The molecule has 17 heavy (non-hydrogen) atoms. The van der Waals surface area contributed by atoms with Crippen molar-refractivity contribution in [2.75, 3.05) is 0 Å². The minimum absolute atomic E-state index is 0.214. The van der Waals surface area contributed by atoms with Crippen LogP contribution in [0.2, 0.25) is 0 Å². The van der Waals surface area contributed by atoms with Gasteiger partial charge < -0.3 is 0 Å². The van der Waals surface area contributed by atoms with Gasteiger partial charge >= 0.3 is 0 Å². The highest BCUT2D eigenvalue weighted by Crippen LogP contribution is 2.53. The van der Waals surface area contributed by atoms with Crippen molar-refractivity contribution in [3.05, 3.63) is 58.3 Å². The third-order valence-corrected chi connectivity index (χ3v) is 4.74. The van der Waals surface area contributed by atoms with Crippen molar-refractivity contribution in [3.8, 4) is 6.07 Å². The van der Waals surface area contributed by atoms with E-state index < -0.39 is 0 Å². The number of nitrogens with zero attached hydrogens (tertiary/aromatic N) is 1. The first-order chi connectivity index (χ1) is 8.34. The number of rotatable bonds is 2. The van der Waals surface area contributed by atoms with Gasteiger partial charge in [-0.25, -0.2) is 0 Å². The number of thiophene rings is 1. The van der Waals surface area contributed by atoms with Crippen LogP contribution in [0.5, 0.6) is 0 Å². The Bertz CT molecular complexity index is 530. The first kappa shape index (κ1) is 10.6.